The van der Waals surface area contributed by atoms with E-state index in [0.717, 1.165) is 36.9 Å². The Balaban J connectivity index is 1.54. The number of hydrogen-bond donors (Lipinski definition) is 2. The highest BCUT2D eigenvalue weighted by molar-refractivity contribution is 7.43. The monoisotopic (exact) mass is 420 g/mol. The fourth-order valence-corrected chi connectivity index (χ4v) is 8.22. The molecule has 3 fully saturated rings. The van der Waals surface area contributed by atoms with Gasteiger partial charge in [0.25, 0.3) is 0 Å². The predicted octanol–water partition coefficient (Wildman–Crippen LogP) is 5.79. The van der Waals surface area contributed by atoms with Crippen LogP contribution >= 0.6 is 8.03 Å². The van der Waals surface area contributed by atoms with Crippen molar-refractivity contribution in [2.45, 2.75) is 92.0 Å². The zero-order valence-electron chi connectivity index (χ0n) is 18.8. The zero-order valence-corrected chi connectivity index (χ0v) is 19.7. The average Bonchev–Trinajstić information content (AvgIpc) is 2.96. The van der Waals surface area contributed by atoms with Crippen LogP contribution in [0.3, 0.4) is 0 Å². The third-order valence-corrected chi connectivity index (χ3v) is 10.4. The summed E-state index contributed by atoms with van der Waals surface area (Å²) in [6.45, 7) is 10.9. The summed E-state index contributed by atoms with van der Waals surface area (Å²) in [5, 5.41) is 4.21. The lowest BCUT2D eigenvalue weighted by Crippen LogP contribution is -2.55. The molecular formula is C24H39NO3P+. The summed E-state index contributed by atoms with van der Waals surface area (Å²) in [5.41, 5.74) is 0.151. The molecule has 8 atom stereocenters. The minimum Gasteiger partial charge on any atom is -0.352 e. The lowest BCUT2D eigenvalue weighted by molar-refractivity contribution is -0.131. The molecule has 2 N–H and O–H groups in total. The van der Waals surface area contributed by atoms with E-state index >= 15 is 0 Å². The van der Waals surface area contributed by atoms with E-state index in [1.54, 1.807) is 0 Å². The molecule has 4 nitrogen and oxygen atoms in total. The molecule has 0 aromatic carbocycles. The first kappa shape index (κ1) is 21.5. The number of carbonyl (C=O) groups excluding carboxylic acids is 1. The van der Waals surface area contributed by atoms with Gasteiger partial charge in [0.1, 0.15) is 0 Å². The second kappa shape index (κ2) is 7.16. The topological polar surface area (TPSA) is 66.4 Å². The fraction of sp³-hybridized carbons (Fsp3) is 0.875. The van der Waals surface area contributed by atoms with Gasteiger partial charge in [-0.05, 0) is 90.1 Å². The van der Waals surface area contributed by atoms with E-state index < -0.39 is 8.03 Å². The smallest absolute Gasteiger partial charge is 0.352 e. The highest BCUT2D eigenvalue weighted by atomic mass is 31.1. The van der Waals surface area contributed by atoms with Gasteiger partial charge in [0.15, 0.2) is 5.31 Å². The normalized spacial score (nSPS) is 44.8. The molecule has 0 saturated heterocycles. The Hall–Kier alpha value is -0.730. The molecule has 162 valence electrons. The molecule has 0 bridgehead atoms. The van der Waals surface area contributed by atoms with Crippen LogP contribution in [0.5, 0.6) is 0 Å². The molecule has 1 amide bonds. The van der Waals surface area contributed by atoms with Crippen LogP contribution in [0.2, 0.25) is 0 Å². The molecular weight excluding hydrogens is 381 g/mol. The predicted molar refractivity (Wildman–Crippen MR) is 116 cm³/mol. The highest BCUT2D eigenvalue weighted by Crippen LogP contribution is 2.66. The molecule has 0 aromatic rings. The Kier molecular flexibility index (Phi) is 5.31. The van der Waals surface area contributed by atoms with Crippen LogP contribution in [0.1, 0.15) is 86.0 Å². The van der Waals surface area contributed by atoms with Gasteiger partial charge in [-0.25, -0.2) is 0 Å². The van der Waals surface area contributed by atoms with Crippen LogP contribution in [-0.2, 0) is 9.36 Å². The largest absolute Gasteiger partial charge is 0.541 e. The van der Waals surface area contributed by atoms with E-state index in [4.69, 9.17) is 0 Å². The molecule has 4 rings (SSSR count). The first-order valence-electron chi connectivity index (χ1n) is 11.6. The lowest BCUT2D eigenvalue weighted by Gasteiger charge is -2.59. The van der Waals surface area contributed by atoms with Gasteiger partial charge in [-0.1, -0.05) is 34.6 Å². The summed E-state index contributed by atoms with van der Waals surface area (Å²) in [6.07, 6.45) is 11.2. The maximum atomic E-state index is 12.7. The Morgan fingerprint density at radius 3 is 2.41 bits per heavy atom. The summed E-state index contributed by atoms with van der Waals surface area (Å²) < 4.78 is 11.6. The first-order valence-corrected chi connectivity index (χ1v) is 12.9. The van der Waals surface area contributed by atoms with E-state index in [-0.39, 0.29) is 22.2 Å². The standard InChI is InChI=1S/C24H38NO3P/c1-22(2,3)21(26)25-20-9-8-18-17-7-6-15-14-16(29(27)28)10-12-23(15,4)19(17)11-13-24(18,20)5/h14-15,17-20H,6-13H2,1-5H3,(H-,25,26,27,28)/p+1/t15?,17-,18-,19+,20?,23-,24-/m0/s1. The number of rotatable bonds is 2. The Morgan fingerprint density at radius 2 is 1.76 bits per heavy atom. The van der Waals surface area contributed by atoms with Gasteiger partial charge in [-0.2, -0.15) is 4.89 Å². The van der Waals surface area contributed by atoms with Crippen molar-refractivity contribution in [2.24, 2.45) is 39.9 Å². The molecule has 0 heterocycles. The quantitative estimate of drug-likeness (QED) is 0.556. The number of amides is 1. The second-order valence-corrected chi connectivity index (χ2v) is 13.0. The first-order chi connectivity index (χ1) is 13.5. The number of carbonyl (C=O) groups is 1. The van der Waals surface area contributed by atoms with Crippen molar-refractivity contribution in [1.29, 1.82) is 0 Å². The van der Waals surface area contributed by atoms with E-state index in [9.17, 15) is 14.3 Å². The number of fused-ring (bicyclic) bond motifs is 5. The maximum absolute atomic E-state index is 12.7. The molecule has 0 aromatic heterocycles. The SMILES string of the molecule is CC(C)(C)C(=O)NC1CC[C@H]2[C@@H]3CCC4C=C([P+](=O)O)CC[C@]4(C)[C@@H]3CC[C@]12C. The number of allylic oxidation sites excluding steroid dienone is 2. The molecule has 4 aliphatic carbocycles. The second-order valence-electron chi connectivity index (χ2n) is 11.9. The summed E-state index contributed by atoms with van der Waals surface area (Å²) in [4.78, 5) is 22.3. The van der Waals surface area contributed by atoms with Gasteiger partial charge in [-0.15, -0.1) is 0 Å². The molecule has 0 aliphatic heterocycles. The zero-order chi connectivity index (χ0) is 21.2. The molecule has 3 unspecified atom stereocenters. The molecule has 5 heteroatoms. The third-order valence-electron chi connectivity index (χ3n) is 9.49. The van der Waals surface area contributed by atoms with Gasteiger partial charge >= 0.3 is 8.03 Å². The number of hydrogen-bond acceptors (Lipinski definition) is 2. The summed E-state index contributed by atoms with van der Waals surface area (Å²) in [7, 11) is -2.16. The van der Waals surface area contributed by atoms with E-state index in [0.29, 0.717) is 23.8 Å². The van der Waals surface area contributed by atoms with Gasteiger partial charge in [0.2, 0.25) is 5.91 Å². The highest BCUT2D eigenvalue weighted by Gasteiger charge is 2.60. The minimum atomic E-state index is -2.16. The van der Waals surface area contributed by atoms with Crippen LogP contribution in [0.15, 0.2) is 11.4 Å². The Labute approximate surface area is 177 Å². The minimum absolute atomic E-state index is 0.185. The van der Waals surface area contributed by atoms with E-state index in [1.807, 2.05) is 20.8 Å². The van der Waals surface area contributed by atoms with Gasteiger partial charge < -0.3 is 5.32 Å². The van der Waals surface area contributed by atoms with Crippen molar-refractivity contribution in [3.8, 4) is 0 Å². The average molecular weight is 421 g/mol. The molecule has 0 radical (unpaired) electrons. The summed E-state index contributed by atoms with van der Waals surface area (Å²) in [5.74, 6) is 2.80. The van der Waals surface area contributed by atoms with Crippen molar-refractivity contribution in [2.75, 3.05) is 0 Å². The van der Waals surface area contributed by atoms with E-state index in [1.165, 1.54) is 25.7 Å². The van der Waals surface area contributed by atoms with Crippen LogP contribution < -0.4 is 5.32 Å². The molecule has 0 spiro atoms. The van der Waals surface area contributed by atoms with Gasteiger partial charge in [0, 0.05) is 17.9 Å². The summed E-state index contributed by atoms with van der Waals surface area (Å²) in [6, 6.07) is 0.307. The maximum Gasteiger partial charge on any atom is 0.541 e. The summed E-state index contributed by atoms with van der Waals surface area (Å²) >= 11 is 0. The Morgan fingerprint density at radius 1 is 1.07 bits per heavy atom. The van der Waals surface area contributed by atoms with Crippen molar-refractivity contribution in [3.63, 3.8) is 0 Å². The lowest BCUT2D eigenvalue weighted by atomic mass is 9.46. The van der Waals surface area contributed by atoms with Crippen molar-refractivity contribution >= 4 is 13.9 Å². The van der Waals surface area contributed by atoms with Crippen molar-refractivity contribution in [3.05, 3.63) is 11.4 Å². The van der Waals surface area contributed by atoms with Crippen LogP contribution in [0, 0.1) is 39.9 Å². The Bertz CT molecular complexity index is 741. The van der Waals surface area contributed by atoms with Crippen LogP contribution in [-0.4, -0.2) is 16.8 Å². The fourth-order valence-electron chi connectivity index (χ4n) is 7.61. The van der Waals surface area contributed by atoms with Crippen LogP contribution in [0.4, 0.5) is 0 Å². The van der Waals surface area contributed by atoms with Crippen molar-refractivity contribution in [1.82, 2.24) is 5.32 Å². The molecule has 4 aliphatic rings. The van der Waals surface area contributed by atoms with Gasteiger partial charge in [0.05, 0.1) is 0 Å². The van der Waals surface area contributed by atoms with Crippen LogP contribution in [0.25, 0.3) is 0 Å². The van der Waals surface area contributed by atoms with Gasteiger partial charge in [-0.3, -0.25) is 4.79 Å². The molecule has 3 saturated carbocycles. The van der Waals surface area contributed by atoms with E-state index in [2.05, 4.69) is 25.2 Å². The molecule has 29 heavy (non-hydrogen) atoms. The third kappa shape index (κ3) is 3.43. The van der Waals surface area contributed by atoms with Crippen molar-refractivity contribution < 1.29 is 14.3 Å². The number of nitrogens with one attached hydrogen (secondary N) is 1.